The summed E-state index contributed by atoms with van der Waals surface area (Å²) in [4.78, 5) is 22.9. The van der Waals surface area contributed by atoms with Gasteiger partial charge >= 0.3 is 0 Å². The first-order valence-corrected chi connectivity index (χ1v) is 9.12. The van der Waals surface area contributed by atoms with E-state index in [9.17, 15) is 24.9 Å². The third-order valence-corrected chi connectivity index (χ3v) is 7.37. The van der Waals surface area contributed by atoms with Gasteiger partial charge in [-0.05, 0) is 30.6 Å². The summed E-state index contributed by atoms with van der Waals surface area (Å²) < 4.78 is 6.41. The van der Waals surface area contributed by atoms with Gasteiger partial charge in [-0.15, -0.1) is 0 Å². The molecule has 5 rings (SSSR count). The number of aliphatic hydroxyl groups is 1. The summed E-state index contributed by atoms with van der Waals surface area (Å²) in [5, 5.41) is 30.5. The van der Waals surface area contributed by atoms with Gasteiger partial charge in [-0.2, -0.15) is 0 Å². The van der Waals surface area contributed by atoms with E-state index in [1.165, 1.54) is 0 Å². The molecule has 3 saturated carbocycles. The normalized spacial score (nSPS) is 33.3. The highest BCUT2D eigenvalue weighted by atomic mass is 16.5. The summed E-state index contributed by atoms with van der Waals surface area (Å²) in [6.45, 7) is 4.39. The molecule has 140 valence electrons. The monoisotopic (exact) mass is 360 g/mol. The van der Waals surface area contributed by atoms with Crippen molar-refractivity contribution in [1.29, 1.82) is 0 Å². The minimum Gasteiger partial charge on any atom is -0.507 e. The fraction of sp³-hybridized carbons (Fsp3) is 0.600. The molecule has 2 bridgehead atoms. The molecular weight excluding hydrogens is 336 g/mol. The highest BCUT2D eigenvalue weighted by Crippen LogP contribution is 2.68. The average Bonchev–Trinajstić information content (AvgIpc) is 2.60. The number of ether oxygens (including phenoxy) is 1. The van der Waals surface area contributed by atoms with Gasteiger partial charge in [0.2, 0.25) is 0 Å². The third kappa shape index (κ3) is 1.91. The van der Waals surface area contributed by atoms with E-state index in [0.29, 0.717) is 36.9 Å². The maximum atomic E-state index is 11.6. The van der Waals surface area contributed by atoms with Crippen LogP contribution in [0.3, 0.4) is 0 Å². The predicted octanol–water partition coefficient (Wildman–Crippen LogP) is 2.46. The number of aldehydes is 2. The van der Waals surface area contributed by atoms with E-state index in [1.54, 1.807) is 0 Å². The molecule has 1 aromatic rings. The summed E-state index contributed by atoms with van der Waals surface area (Å²) in [7, 11) is 0. The van der Waals surface area contributed by atoms with Gasteiger partial charge in [0.1, 0.15) is 22.8 Å². The van der Waals surface area contributed by atoms with E-state index in [2.05, 4.69) is 13.8 Å². The van der Waals surface area contributed by atoms with Gasteiger partial charge in [0.25, 0.3) is 0 Å². The largest absolute Gasteiger partial charge is 0.507 e. The van der Waals surface area contributed by atoms with Crippen LogP contribution in [-0.4, -0.2) is 40.1 Å². The number of phenolic OH excluding ortho intramolecular Hbond substituents is 2. The molecule has 4 atom stereocenters. The highest BCUT2D eigenvalue weighted by Gasteiger charge is 2.67. The van der Waals surface area contributed by atoms with Crippen LogP contribution >= 0.6 is 0 Å². The van der Waals surface area contributed by atoms with Crippen LogP contribution in [0, 0.1) is 23.2 Å². The van der Waals surface area contributed by atoms with Crippen LogP contribution in [0.1, 0.15) is 59.4 Å². The predicted molar refractivity (Wildman–Crippen MR) is 92.8 cm³/mol. The molecule has 1 aliphatic heterocycles. The maximum Gasteiger partial charge on any atom is 0.157 e. The molecule has 6 nitrogen and oxygen atoms in total. The first-order chi connectivity index (χ1) is 12.3. The van der Waals surface area contributed by atoms with E-state index < -0.39 is 11.4 Å². The Hall–Kier alpha value is -2.08. The van der Waals surface area contributed by atoms with Gasteiger partial charge in [0.15, 0.2) is 12.6 Å². The Balaban J connectivity index is 1.91. The lowest BCUT2D eigenvalue weighted by molar-refractivity contribution is -0.231. The quantitative estimate of drug-likeness (QED) is 0.713. The van der Waals surface area contributed by atoms with Crippen LogP contribution in [0.5, 0.6) is 17.2 Å². The summed E-state index contributed by atoms with van der Waals surface area (Å²) in [5.74, 6) is 0.179. The van der Waals surface area contributed by atoms with Crippen molar-refractivity contribution < 1.29 is 29.6 Å². The molecule has 0 radical (unpaired) electrons. The van der Waals surface area contributed by atoms with Crippen molar-refractivity contribution in [3.8, 4) is 17.2 Å². The summed E-state index contributed by atoms with van der Waals surface area (Å²) in [6.07, 6.45) is 3.65. The Bertz CT molecular complexity index is 798. The molecule has 3 aliphatic carbocycles. The van der Waals surface area contributed by atoms with Crippen LogP contribution in [0.25, 0.3) is 0 Å². The Morgan fingerprint density at radius 1 is 1.08 bits per heavy atom. The molecule has 26 heavy (non-hydrogen) atoms. The molecule has 3 fully saturated rings. The van der Waals surface area contributed by atoms with E-state index in [4.69, 9.17) is 4.74 Å². The van der Waals surface area contributed by atoms with E-state index in [-0.39, 0.29) is 46.5 Å². The van der Waals surface area contributed by atoms with E-state index in [1.807, 2.05) is 0 Å². The molecule has 4 aliphatic rings. The number of carbonyl (C=O) groups excluding carboxylic acids is 2. The second-order valence-corrected chi connectivity index (χ2v) is 8.54. The molecule has 1 heterocycles. The van der Waals surface area contributed by atoms with Crippen molar-refractivity contribution in [2.45, 2.75) is 45.1 Å². The molecule has 1 aromatic carbocycles. The summed E-state index contributed by atoms with van der Waals surface area (Å²) >= 11 is 0. The lowest BCUT2D eigenvalue weighted by atomic mass is 9.40. The van der Waals surface area contributed by atoms with Crippen molar-refractivity contribution in [2.75, 3.05) is 6.61 Å². The zero-order valence-electron chi connectivity index (χ0n) is 15.0. The van der Waals surface area contributed by atoms with Crippen molar-refractivity contribution in [2.24, 2.45) is 23.2 Å². The minimum atomic E-state index is -0.626. The smallest absolute Gasteiger partial charge is 0.157 e. The van der Waals surface area contributed by atoms with Crippen molar-refractivity contribution in [3.63, 3.8) is 0 Å². The Morgan fingerprint density at radius 2 is 1.77 bits per heavy atom. The molecule has 6 heteroatoms. The molecule has 0 spiro atoms. The topological polar surface area (TPSA) is 104 Å². The standard InChI is InChI=1S/C20H24O6/c1-19(2)10-5-11-6-12-16(24)13(8-22)17(25)14(9-23)18(12)26-20(11,3-4-21)15(19)7-10/h8-11,15,21,24-25H,3-7H2,1-2H3/t10-,11+,15+,20-/m0/s1. The van der Waals surface area contributed by atoms with Crippen LogP contribution in [0.2, 0.25) is 0 Å². The van der Waals surface area contributed by atoms with Gasteiger partial charge in [0.05, 0.1) is 11.1 Å². The molecule has 0 amide bonds. The van der Waals surface area contributed by atoms with Crippen LogP contribution in [0.4, 0.5) is 0 Å². The number of carbonyl (C=O) groups is 2. The van der Waals surface area contributed by atoms with Gasteiger partial charge in [-0.1, -0.05) is 13.8 Å². The third-order valence-electron chi connectivity index (χ3n) is 7.37. The van der Waals surface area contributed by atoms with Crippen molar-refractivity contribution in [3.05, 3.63) is 16.7 Å². The Labute approximate surface area is 151 Å². The number of hydrogen-bond acceptors (Lipinski definition) is 6. The zero-order chi connectivity index (χ0) is 18.9. The lowest BCUT2D eigenvalue weighted by Crippen LogP contribution is -2.69. The number of hydrogen-bond donors (Lipinski definition) is 3. The van der Waals surface area contributed by atoms with Crippen molar-refractivity contribution in [1.82, 2.24) is 0 Å². The van der Waals surface area contributed by atoms with E-state index >= 15 is 0 Å². The fourth-order valence-corrected chi connectivity index (χ4v) is 5.85. The van der Waals surface area contributed by atoms with Crippen LogP contribution in [-0.2, 0) is 6.42 Å². The average molecular weight is 360 g/mol. The van der Waals surface area contributed by atoms with Gasteiger partial charge < -0.3 is 20.1 Å². The van der Waals surface area contributed by atoms with E-state index in [0.717, 1.165) is 12.8 Å². The maximum absolute atomic E-state index is 11.6. The lowest BCUT2D eigenvalue weighted by Gasteiger charge is -2.68. The van der Waals surface area contributed by atoms with Crippen LogP contribution in [0.15, 0.2) is 0 Å². The second kappa shape index (κ2) is 5.46. The Kier molecular flexibility index (Phi) is 3.64. The number of aromatic hydroxyl groups is 2. The van der Waals surface area contributed by atoms with Gasteiger partial charge in [0, 0.05) is 30.4 Å². The second-order valence-electron chi connectivity index (χ2n) is 8.54. The number of benzene rings is 1. The SMILES string of the molecule is CC1(C)[C@H]2C[C@@H]3Cc4c(O)c(C=O)c(O)c(C=O)c4O[C@]3(CCO)[C@@H]1C2. The summed E-state index contributed by atoms with van der Waals surface area (Å²) in [6, 6.07) is 0. The zero-order valence-corrected chi connectivity index (χ0v) is 15.0. The van der Waals surface area contributed by atoms with Gasteiger partial charge in [-0.3, -0.25) is 9.59 Å². The number of phenols is 2. The molecule has 0 unspecified atom stereocenters. The summed E-state index contributed by atoms with van der Waals surface area (Å²) in [5.41, 5.74) is -0.513. The Morgan fingerprint density at radius 3 is 2.35 bits per heavy atom. The number of aliphatic hydroxyl groups excluding tert-OH is 1. The minimum absolute atomic E-state index is 0.0378. The first kappa shape index (κ1) is 17.3. The molecule has 3 N–H and O–H groups in total. The number of fused-ring (bicyclic) bond motifs is 1. The van der Waals surface area contributed by atoms with Crippen LogP contribution < -0.4 is 4.74 Å². The number of rotatable bonds is 4. The highest BCUT2D eigenvalue weighted by molar-refractivity contribution is 5.95. The van der Waals surface area contributed by atoms with Crippen molar-refractivity contribution >= 4 is 12.6 Å². The molecular formula is C20H24O6. The van der Waals surface area contributed by atoms with Gasteiger partial charge in [-0.25, -0.2) is 0 Å². The molecule has 0 aromatic heterocycles. The molecule has 0 saturated heterocycles. The first-order valence-electron chi connectivity index (χ1n) is 9.12. The fourth-order valence-electron chi connectivity index (χ4n) is 5.85.